The van der Waals surface area contributed by atoms with E-state index in [4.69, 9.17) is 8.92 Å². The van der Waals surface area contributed by atoms with Crippen LogP contribution in [0.5, 0.6) is 11.5 Å². The molecule has 0 aliphatic rings. The smallest absolute Gasteiger partial charge is 0.339 e. The molecule has 0 bridgehead atoms. The summed E-state index contributed by atoms with van der Waals surface area (Å²) in [6.45, 7) is 4.66. The van der Waals surface area contributed by atoms with Crippen molar-refractivity contribution in [3.63, 3.8) is 0 Å². The molecule has 178 valence electrons. The average Bonchev–Trinajstić information content (AvgIpc) is 2.80. The van der Waals surface area contributed by atoms with Crippen LogP contribution in [0.2, 0.25) is 0 Å². The highest BCUT2D eigenvalue weighted by Gasteiger charge is 2.18. The van der Waals surface area contributed by atoms with Crippen molar-refractivity contribution >= 4 is 32.7 Å². The summed E-state index contributed by atoms with van der Waals surface area (Å²) in [6, 6.07) is 23.7. The minimum absolute atomic E-state index is 0.133. The Morgan fingerprint density at radius 3 is 1.91 bits per heavy atom. The Bertz CT molecular complexity index is 1040. The van der Waals surface area contributed by atoms with E-state index in [9.17, 15) is 8.42 Å². The number of rotatable bonds is 11. The van der Waals surface area contributed by atoms with Crippen LogP contribution in [0.15, 0.2) is 83.8 Å². The van der Waals surface area contributed by atoms with E-state index < -0.39 is 10.1 Å². The van der Waals surface area contributed by atoms with Gasteiger partial charge in [-0.25, -0.2) is 0 Å². The van der Waals surface area contributed by atoms with Crippen LogP contribution in [0, 0.1) is 10.5 Å². The number of ether oxygens (including phenoxy) is 1. The van der Waals surface area contributed by atoms with Gasteiger partial charge in [0.15, 0.2) is 11.5 Å². The van der Waals surface area contributed by atoms with E-state index in [1.165, 1.54) is 29.3 Å². The van der Waals surface area contributed by atoms with Gasteiger partial charge in [0.05, 0.1) is 6.61 Å². The summed E-state index contributed by atoms with van der Waals surface area (Å²) in [5.41, 5.74) is 0.992. The van der Waals surface area contributed by atoms with Crippen molar-refractivity contribution in [2.45, 2.75) is 57.3 Å². The molecule has 0 fully saturated rings. The average molecular weight is 581 g/mol. The van der Waals surface area contributed by atoms with Gasteiger partial charge in [-0.2, -0.15) is 8.42 Å². The van der Waals surface area contributed by atoms with E-state index in [1.807, 2.05) is 31.2 Å². The molecular weight excluding hydrogens is 547 g/mol. The van der Waals surface area contributed by atoms with Crippen LogP contribution in [0.1, 0.15) is 51.0 Å². The maximum Gasteiger partial charge on any atom is 0.339 e. The normalized spacial score (nSPS) is 10.8. The molecule has 0 aliphatic carbocycles. The van der Waals surface area contributed by atoms with Crippen LogP contribution in [0.3, 0.4) is 0 Å². The minimum atomic E-state index is -3.88. The summed E-state index contributed by atoms with van der Waals surface area (Å²) in [5.74, 6) is 0.677. The zero-order chi connectivity index (χ0) is 23.9. The predicted molar refractivity (Wildman–Crippen MR) is 143 cm³/mol. The fourth-order valence-corrected chi connectivity index (χ4v) is 4.34. The number of unbranched alkanes of at least 4 members (excludes halogenated alkanes) is 5. The monoisotopic (exact) mass is 580 g/mol. The highest BCUT2D eigenvalue weighted by Crippen LogP contribution is 2.29. The van der Waals surface area contributed by atoms with E-state index in [-0.39, 0.29) is 10.6 Å². The second-order valence-corrected chi connectivity index (χ2v) is 10.5. The first-order valence-electron chi connectivity index (χ1n) is 11.4. The number of halogens is 1. The molecule has 0 radical (unpaired) electrons. The van der Waals surface area contributed by atoms with E-state index in [2.05, 4.69) is 41.6 Å². The quantitative estimate of drug-likeness (QED) is 0.132. The summed E-state index contributed by atoms with van der Waals surface area (Å²) in [5, 5.41) is 0. The van der Waals surface area contributed by atoms with Crippen molar-refractivity contribution in [2.24, 2.45) is 0 Å². The van der Waals surface area contributed by atoms with Gasteiger partial charge < -0.3 is 8.92 Å². The SMILES string of the molecule is CCCCCCCCOc1ccccc1OS(=O)(=O)c1ccc(C)cc1.Ic1ccccc1. The van der Waals surface area contributed by atoms with Crippen molar-refractivity contribution < 1.29 is 17.3 Å². The van der Waals surface area contributed by atoms with E-state index in [0.29, 0.717) is 12.4 Å². The Kier molecular flexibility index (Phi) is 12.3. The third-order valence-electron chi connectivity index (χ3n) is 4.85. The third-order valence-corrected chi connectivity index (χ3v) is 6.81. The fourth-order valence-electron chi connectivity index (χ4n) is 2.99. The standard InChI is InChI=1S/C21H28O4S.C6H5I/c1-3-4-5-6-7-10-17-24-20-11-8-9-12-21(20)25-26(22,23)19-15-13-18(2)14-16-19;7-6-4-2-1-3-5-6/h8-9,11-16H,3-7,10,17H2,1-2H3;1-5H. The third kappa shape index (κ3) is 10.6. The van der Waals surface area contributed by atoms with Gasteiger partial charge in [-0.15, -0.1) is 0 Å². The topological polar surface area (TPSA) is 52.6 Å². The Balaban J connectivity index is 0.000000468. The molecule has 0 amide bonds. The van der Waals surface area contributed by atoms with Gasteiger partial charge in [-0.3, -0.25) is 0 Å². The van der Waals surface area contributed by atoms with Gasteiger partial charge in [0.25, 0.3) is 0 Å². The largest absolute Gasteiger partial charge is 0.490 e. The summed E-state index contributed by atoms with van der Waals surface area (Å²) >= 11 is 2.28. The number of hydrogen-bond acceptors (Lipinski definition) is 4. The van der Waals surface area contributed by atoms with Gasteiger partial charge in [-0.1, -0.05) is 87.1 Å². The summed E-state index contributed by atoms with van der Waals surface area (Å²) in [6.07, 6.45) is 7.03. The van der Waals surface area contributed by atoms with Crippen molar-refractivity contribution in [2.75, 3.05) is 6.61 Å². The first-order chi connectivity index (χ1) is 15.9. The highest BCUT2D eigenvalue weighted by molar-refractivity contribution is 14.1. The molecule has 0 unspecified atom stereocenters. The molecule has 0 atom stereocenters. The molecule has 4 nitrogen and oxygen atoms in total. The molecule has 3 aromatic carbocycles. The lowest BCUT2D eigenvalue weighted by atomic mass is 10.1. The van der Waals surface area contributed by atoms with Crippen LogP contribution in [0.4, 0.5) is 0 Å². The number of para-hydroxylation sites is 2. The van der Waals surface area contributed by atoms with Crippen molar-refractivity contribution in [3.8, 4) is 11.5 Å². The molecule has 0 N–H and O–H groups in total. The maximum atomic E-state index is 12.5. The van der Waals surface area contributed by atoms with Crippen LogP contribution >= 0.6 is 22.6 Å². The van der Waals surface area contributed by atoms with Crippen molar-refractivity contribution in [3.05, 3.63) is 88.0 Å². The van der Waals surface area contributed by atoms with Crippen molar-refractivity contribution in [1.82, 2.24) is 0 Å². The Morgan fingerprint density at radius 2 is 1.30 bits per heavy atom. The molecule has 33 heavy (non-hydrogen) atoms. The van der Waals surface area contributed by atoms with Crippen molar-refractivity contribution in [1.29, 1.82) is 0 Å². The molecule has 3 rings (SSSR count). The summed E-state index contributed by atoms with van der Waals surface area (Å²) in [7, 11) is -3.88. The first-order valence-corrected chi connectivity index (χ1v) is 13.8. The molecule has 0 aliphatic heterocycles. The predicted octanol–water partition coefficient (Wildman–Crippen LogP) is 7.79. The van der Waals surface area contributed by atoms with Gasteiger partial charge >= 0.3 is 10.1 Å². The lowest BCUT2D eigenvalue weighted by Crippen LogP contribution is -2.11. The van der Waals surface area contributed by atoms with E-state index in [0.717, 1.165) is 18.4 Å². The van der Waals surface area contributed by atoms with Crippen LogP contribution < -0.4 is 8.92 Å². The second kappa shape index (κ2) is 15.0. The number of hydrogen-bond donors (Lipinski definition) is 0. The second-order valence-electron chi connectivity index (χ2n) is 7.71. The van der Waals surface area contributed by atoms with E-state index >= 15 is 0 Å². The summed E-state index contributed by atoms with van der Waals surface area (Å²) in [4.78, 5) is 0.133. The maximum absolute atomic E-state index is 12.5. The van der Waals surface area contributed by atoms with Gasteiger partial charge in [-0.05, 0) is 72.3 Å². The molecule has 0 heterocycles. The molecule has 0 saturated carbocycles. The molecule has 3 aromatic rings. The first kappa shape index (κ1) is 27.2. The lowest BCUT2D eigenvalue weighted by molar-refractivity contribution is 0.295. The number of aryl methyl sites for hydroxylation is 1. The van der Waals surface area contributed by atoms with Crippen LogP contribution in [-0.4, -0.2) is 15.0 Å². The molecule has 0 aromatic heterocycles. The van der Waals surface area contributed by atoms with Gasteiger partial charge in [0.2, 0.25) is 0 Å². The van der Waals surface area contributed by atoms with Crippen LogP contribution in [0.25, 0.3) is 0 Å². The summed E-state index contributed by atoms with van der Waals surface area (Å²) < 4.78 is 37.3. The Morgan fingerprint density at radius 1 is 0.727 bits per heavy atom. The molecule has 6 heteroatoms. The van der Waals surface area contributed by atoms with Gasteiger partial charge in [0, 0.05) is 3.57 Å². The Labute approximate surface area is 212 Å². The molecular formula is C27H33IO4S. The van der Waals surface area contributed by atoms with E-state index in [1.54, 1.807) is 42.5 Å². The zero-order valence-electron chi connectivity index (χ0n) is 19.4. The fraction of sp³-hybridized carbons (Fsp3) is 0.333. The van der Waals surface area contributed by atoms with Gasteiger partial charge in [0.1, 0.15) is 4.90 Å². The van der Waals surface area contributed by atoms with Crippen LogP contribution in [-0.2, 0) is 10.1 Å². The minimum Gasteiger partial charge on any atom is -0.490 e. The molecule has 0 saturated heterocycles. The highest BCUT2D eigenvalue weighted by atomic mass is 127. The Hall–Kier alpha value is -2.06. The lowest BCUT2D eigenvalue weighted by Gasteiger charge is -2.12. The zero-order valence-corrected chi connectivity index (χ0v) is 22.3. The number of benzene rings is 3. The molecule has 0 spiro atoms.